The Morgan fingerprint density at radius 2 is 1.92 bits per heavy atom. The van der Waals surface area contributed by atoms with E-state index < -0.39 is 0 Å². The first-order chi connectivity index (χ1) is 11.8. The molecule has 3 rings (SSSR count). The Labute approximate surface area is 144 Å². The number of benzene rings is 1. The minimum atomic E-state index is -0.229. The van der Waals surface area contributed by atoms with Crippen molar-refractivity contribution >= 4 is 5.97 Å². The zero-order chi connectivity index (χ0) is 16.8. The first kappa shape index (κ1) is 17.4. The van der Waals surface area contributed by atoms with Crippen LogP contribution < -0.4 is 0 Å². The van der Waals surface area contributed by atoms with Crippen molar-refractivity contribution in [3.63, 3.8) is 0 Å². The molecule has 0 saturated carbocycles. The Balaban J connectivity index is 1.48. The van der Waals surface area contributed by atoms with E-state index in [1.165, 1.54) is 13.5 Å². The number of esters is 1. The van der Waals surface area contributed by atoms with E-state index in [0.29, 0.717) is 11.5 Å². The van der Waals surface area contributed by atoms with Gasteiger partial charge in [0.1, 0.15) is 0 Å². The molecule has 0 bridgehead atoms. The molecule has 2 heterocycles. The minimum Gasteiger partial charge on any atom is -0.465 e. The second kappa shape index (κ2) is 8.60. The van der Waals surface area contributed by atoms with Crippen LogP contribution in [0.25, 0.3) is 0 Å². The number of likely N-dealkylation sites (tertiary alicyclic amines) is 1. The van der Waals surface area contributed by atoms with Gasteiger partial charge in [-0.25, -0.2) is 4.79 Å². The smallest absolute Gasteiger partial charge is 0.338 e. The fourth-order valence-corrected chi connectivity index (χ4v) is 3.71. The van der Waals surface area contributed by atoms with E-state index in [1.54, 1.807) is 0 Å². The second-order valence-corrected chi connectivity index (χ2v) is 6.76. The highest BCUT2D eigenvalue weighted by Gasteiger charge is 2.24. The number of morpholine rings is 1. The average Bonchev–Trinajstić information content (AvgIpc) is 3.08. The van der Waals surface area contributed by atoms with Gasteiger partial charge in [-0.1, -0.05) is 18.2 Å². The molecule has 1 unspecified atom stereocenters. The molecule has 1 aromatic rings. The average molecular weight is 332 g/mol. The van der Waals surface area contributed by atoms with Gasteiger partial charge < -0.3 is 14.4 Å². The van der Waals surface area contributed by atoms with Crippen LogP contribution >= 0.6 is 0 Å². The van der Waals surface area contributed by atoms with E-state index in [4.69, 9.17) is 9.47 Å². The number of rotatable bonds is 6. The lowest BCUT2D eigenvalue weighted by molar-refractivity contribution is 0.0342. The van der Waals surface area contributed by atoms with Gasteiger partial charge in [-0.2, -0.15) is 0 Å². The molecule has 5 heteroatoms. The SMILES string of the molecule is COC(=O)c1ccccc1CC1CCN(CCN2CCOCC2)C1. The molecule has 0 amide bonds. The Morgan fingerprint density at radius 3 is 2.71 bits per heavy atom. The van der Waals surface area contributed by atoms with Crippen LogP contribution in [-0.4, -0.2) is 75.4 Å². The third-order valence-corrected chi connectivity index (χ3v) is 5.14. The summed E-state index contributed by atoms with van der Waals surface area (Å²) in [5, 5.41) is 0. The number of nitrogens with zero attached hydrogens (tertiary/aromatic N) is 2. The van der Waals surface area contributed by atoms with Crippen molar-refractivity contribution in [1.82, 2.24) is 9.80 Å². The van der Waals surface area contributed by atoms with E-state index in [-0.39, 0.29) is 5.97 Å². The second-order valence-electron chi connectivity index (χ2n) is 6.76. The van der Waals surface area contributed by atoms with Crippen molar-refractivity contribution in [1.29, 1.82) is 0 Å². The van der Waals surface area contributed by atoms with Gasteiger partial charge in [0.25, 0.3) is 0 Å². The first-order valence-corrected chi connectivity index (χ1v) is 8.95. The lowest BCUT2D eigenvalue weighted by Crippen LogP contribution is -2.41. The zero-order valence-electron chi connectivity index (χ0n) is 14.6. The maximum absolute atomic E-state index is 11.9. The van der Waals surface area contributed by atoms with Gasteiger partial charge in [-0.15, -0.1) is 0 Å². The van der Waals surface area contributed by atoms with Crippen molar-refractivity contribution < 1.29 is 14.3 Å². The van der Waals surface area contributed by atoms with Crippen LogP contribution in [0.3, 0.4) is 0 Å². The lowest BCUT2D eigenvalue weighted by atomic mass is 9.95. The first-order valence-electron chi connectivity index (χ1n) is 8.95. The molecule has 24 heavy (non-hydrogen) atoms. The summed E-state index contributed by atoms with van der Waals surface area (Å²) in [7, 11) is 1.45. The van der Waals surface area contributed by atoms with Crippen LogP contribution in [-0.2, 0) is 15.9 Å². The van der Waals surface area contributed by atoms with Crippen LogP contribution in [0.2, 0.25) is 0 Å². The monoisotopic (exact) mass is 332 g/mol. The molecule has 0 radical (unpaired) electrons. The standard InChI is InChI=1S/C19H28N2O3/c1-23-19(22)18-5-3-2-4-17(18)14-16-6-7-21(15-16)9-8-20-10-12-24-13-11-20/h2-5,16H,6-15H2,1H3. The summed E-state index contributed by atoms with van der Waals surface area (Å²) in [6.45, 7) is 8.41. The summed E-state index contributed by atoms with van der Waals surface area (Å²) < 4.78 is 10.3. The van der Waals surface area contributed by atoms with E-state index in [2.05, 4.69) is 15.9 Å². The van der Waals surface area contributed by atoms with Gasteiger partial charge in [-0.3, -0.25) is 4.90 Å². The van der Waals surface area contributed by atoms with Gasteiger partial charge in [-0.05, 0) is 36.9 Å². The molecular formula is C19H28N2O3. The van der Waals surface area contributed by atoms with Crippen LogP contribution in [0.15, 0.2) is 24.3 Å². The third-order valence-electron chi connectivity index (χ3n) is 5.14. The Kier molecular flexibility index (Phi) is 6.24. The van der Waals surface area contributed by atoms with E-state index in [9.17, 15) is 4.79 Å². The fourth-order valence-electron chi connectivity index (χ4n) is 3.71. The van der Waals surface area contributed by atoms with Gasteiger partial charge in [0, 0.05) is 32.7 Å². The number of methoxy groups -OCH3 is 1. The Bertz CT molecular complexity index is 543. The Morgan fingerprint density at radius 1 is 1.17 bits per heavy atom. The molecule has 1 atom stereocenters. The van der Waals surface area contributed by atoms with Crippen molar-refractivity contribution in [2.45, 2.75) is 12.8 Å². The Hall–Kier alpha value is -1.43. The van der Waals surface area contributed by atoms with Gasteiger partial charge in [0.2, 0.25) is 0 Å². The van der Waals surface area contributed by atoms with Gasteiger partial charge >= 0.3 is 5.97 Å². The normalized spacial score (nSPS) is 22.6. The summed E-state index contributed by atoms with van der Waals surface area (Å²) in [5.41, 5.74) is 1.83. The number of hydrogen-bond donors (Lipinski definition) is 0. The molecule has 2 fully saturated rings. The van der Waals surface area contributed by atoms with E-state index in [1.807, 2.05) is 18.2 Å². The fraction of sp³-hybridized carbons (Fsp3) is 0.632. The molecular weight excluding hydrogens is 304 g/mol. The summed E-state index contributed by atoms with van der Waals surface area (Å²) in [5.74, 6) is 0.397. The molecule has 0 aliphatic carbocycles. The van der Waals surface area contributed by atoms with Crippen LogP contribution in [0.1, 0.15) is 22.3 Å². The van der Waals surface area contributed by atoms with Crippen LogP contribution in [0.5, 0.6) is 0 Å². The molecule has 0 aromatic heterocycles. The highest BCUT2D eigenvalue weighted by atomic mass is 16.5. The molecule has 132 valence electrons. The van der Waals surface area contributed by atoms with Crippen molar-refractivity contribution in [3.05, 3.63) is 35.4 Å². The molecule has 5 nitrogen and oxygen atoms in total. The molecule has 0 spiro atoms. The predicted octanol–water partition coefficient (Wildman–Crippen LogP) is 1.67. The summed E-state index contributed by atoms with van der Waals surface area (Å²) in [6, 6.07) is 7.83. The highest BCUT2D eigenvalue weighted by molar-refractivity contribution is 5.90. The largest absolute Gasteiger partial charge is 0.465 e. The number of ether oxygens (including phenoxy) is 2. The number of hydrogen-bond acceptors (Lipinski definition) is 5. The summed E-state index contributed by atoms with van der Waals surface area (Å²) >= 11 is 0. The maximum Gasteiger partial charge on any atom is 0.338 e. The molecule has 2 aliphatic rings. The molecule has 2 saturated heterocycles. The highest BCUT2D eigenvalue weighted by Crippen LogP contribution is 2.23. The third kappa shape index (κ3) is 4.56. The topological polar surface area (TPSA) is 42.0 Å². The minimum absolute atomic E-state index is 0.229. The van der Waals surface area contributed by atoms with Crippen molar-refractivity contribution in [2.24, 2.45) is 5.92 Å². The van der Waals surface area contributed by atoms with Crippen molar-refractivity contribution in [3.8, 4) is 0 Å². The summed E-state index contributed by atoms with van der Waals surface area (Å²) in [4.78, 5) is 16.9. The van der Waals surface area contributed by atoms with Crippen molar-refractivity contribution in [2.75, 3.05) is 59.6 Å². The maximum atomic E-state index is 11.9. The zero-order valence-corrected chi connectivity index (χ0v) is 14.6. The van der Waals surface area contributed by atoms with Crippen LogP contribution in [0.4, 0.5) is 0 Å². The van der Waals surface area contributed by atoms with Gasteiger partial charge in [0.15, 0.2) is 0 Å². The molecule has 1 aromatic carbocycles. The van der Waals surface area contributed by atoms with E-state index >= 15 is 0 Å². The van der Waals surface area contributed by atoms with E-state index in [0.717, 1.165) is 64.5 Å². The number of carbonyl (C=O) groups is 1. The predicted molar refractivity (Wildman–Crippen MR) is 93.3 cm³/mol. The van der Waals surface area contributed by atoms with Gasteiger partial charge in [0.05, 0.1) is 25.9 Å². The molecule has 0 N–H and O–H groups in total. The van der Waals surface area contributed by atoms with Crippen LogP contribution in [0, 0.1) is 5.92 Å². The number of carbonyl (C=O) groups excluding carboxylic acids is 1. The quantitative estimate of drug-likeness (QED) is 0.741. The summed E-state index contributed by atoms with van der Waals surface area (Å²) in [6.07, 6.45) is 2.16. The molecule has 2 aliphatic heterocycles. The lowest BCUT2D eigenvalue weighted by Gasteiger charge is -2.28.